The zero-order valence-electron chi connectivity index (χ0n) is 15.6. The van der Waals surface area contributed by atoms with Crippen molar-refractivity contribution in [3.63, 3.8) is 0 Å². The molecule has 1 unspecified atom stereocenters. The molecule has 0 aliphatic carbocycles. The summed E-state index contributed by atoms with van der Waals surface area (Å²) in [6.45, 7) is 12.9. The summed E-state index contributed by atoms with van der Waals surface area (Å²) in [6, 6.07) is 0.604. The minimum absolute atomic E-state index is 0.0563. The highest BCUT2D eigenvalue weighted by molar-refractivity contribution is 5.73. The van der Waals surface area contributed by atoms with Crippen LogP contribution in [-0.2, 0) is 9.53 Å². The number of carbonyl (C=O) groups is 1. The molecule has 0 aromatic carbocycles. The van der Waals surface area contributed by atoms with Gasteiger partial charge in [-0.3, -0.25) is 9.69 Å². The number of ether oxygens (including phenoxy) is 1. The number of allylic oxidation sites excluding steroid dienone is 1. The van der Waals surface area contributed by atoms with E-state index in [0.29, 0.717) is 6.04 Å². The molecule has 1 spiro atoms. The first kappa shape index (κ1) is 17.9. The maximum atomic E-state index is 11.5. The molecule has 3 aliphatic rings. The molecule has 3 aliphatic heterocycles. The van der Waals surface area contributed by atoms with Gasteiger partial charge < -0.3 is 9.64 Å². The van der Waals surface area contributed by atoms with E-state index in [1.54, 1.807) is 6.92 Å². The highest BCUT2D eigenvalue weighted by Crippen LogP contribution is 2.37. The third kappa shape index (κ3) is 4.20. The largest absolute Gasteiger partial charge is 0.373 e. The molecule has 24 heavy (non-hydrogen) atoms. The van der Waals surface area contributed by atoms with Crippen molar-refractivity contribution in [2.45, 2.75) is 70.4 Å². The fourth-order valence-corrected chi connectivity index (χ4v) is 4.78. The van der Waals surface area contributed by atoms with Crippen LogP contribution in [0, 0.1) is 5.92 Å². The van der Waals surface area contributed by atoms with E-state index >= 15 is 0 Å². The van der Waals surface area contributed by atoms with E-state index in [0.717, 1.165) is 44.9 Å². The first-order chi connectivity index (χ1) is 11.5. The maximum Gasteiger partial charge on any atom is 0.219 e. The second-order valence-corrected chi connectivity index (χ2v) is 8.33. The summed E-state index contributed by atoms with van der Waals surface area (Å²) in [4.78, 5) is 16.1. The second-order valence-electron chi connectivity index (χ2n) is 8.33. The number of rotatable bonds is 3. The van der Waals surface area contributed by atoms with Crippen molar-refractivity contribution in [1.82, 2.24) is 9.80 Å². The highest BCUT2D eigenvalue weighted by atomic mass is 16.5. The van der Waals surface area contributed by atoms with E-state index in [4.69, 9.17) is 4.74 Å². The Hall–Kier alpha value is -0.870. The van der Waals surface area contributed by atoms with E-state index in [1.807, 2.05) is 4.90 Å². The third-order valence-corrected chi connectivity index (χ3v) is 6.44. The second kappa shape index (κ2) is 7.57. The number of likely N-dealkylation sites (tertiary alicyclic amines) is 2. The molecular formula is C20H34N2O2. The van der Waals surface area contributed by atoms with Gasteiger partial charge in [-0.15, -0.1) is 6.58 Å². The maximum absolute atomic E-state index is 11.5. The molecule has 4 heteroatoms. The van der Waals surface area contributed by atoms with Crippen LogP contribution in [0.25, 0.3) is 0 Å². The Morgan fingerprint density at radius 2 is 1.75 bits per heavy atom. The van der Waals surface area contributed by atoms with Crippen molar-refractivity contribution < 1.29 is 9.53 Å². The van der Waals surface area contributed by atoms with Crippen LogP contribution < -0.4 is 0 Å². The number of hydrogen-bond donors (Lipinski definition) is 0. The van der Waals surface area contributed by atoms with Gasteiger partial charge >= 0.3 is 0 Å². The summed E-state index contributed by atoms with van der Waals surface area (Å²) in [7, 11) is 0. The Balaban J connectivity index is 1.43. The van der Waals surface area contributed by atoms with Gasteiger partial charge in [-0.2, -0.15) is 0 Å². The molecule has 0 N–H and O–H groups in total. The Bertz CT molecular complexity index is 450. The van der Waals surface area contributed by atoms with E-state index in [-0.39, 0.29) is 11.5 Å². The smallest absolute Gasteiger partial charge is 0.219 e. The molecule has 3 heterocycles. The van der Waals surface area contributed by atoms with Gasteiger partial charge in [0.25, 0.3) is 0 Å². The van der Waals surface area contributed by atoms with E-state index in [9.17, 15) is 4.79 Å². The molecule has 136 valence electrons. The quantitative estimate of drug-likeness (QED) is 0.743. The number of carbonyl (C=O) groups excluding carboxylic acids is 1. The number of hydrogen-bond acceptors (Lipinski definition) is 3. The molecule has 3 rings (SSSR count). The molecule has 4 nitrogen and oxygen atoms in total. The van der Waals surface area contributed by atoms with Crippen LogP contribution in [0.4, 0.5) is 0 Å². The topological polar surface area (TPSA) is 32.8 Å². The molecule has 1 atom stereocenters. The minimum Gasteiger partial charge on any atom is -0.373 e. The van der Waals surface area contributed by atoms with Crippen LogP contribution in [0.1, 0.15) is 58.8 Å². The van der Waals surface area contributed by atoms with Crippen molar-refractivity contribution in [3.05, 3.63) is 12.2 Å². The zero-order chi connectivity index (χ0) is 17.2. The Morgan fingerprint density at radius 1 is 1.08 bits per heavy atom. The number of amides is 1. The molecule has 0 aromatic rings. The summed E-state index contributed by atoms with van der Waals surface area (Å²) in [5.74, 6) is 1.04. The van der Waals surface area contributed by atoms with Crippen molar-refractivity contribution in [2.75, 3.05) is 32.8 Å². The summed E-state index contributed by atoms with van der Waals surface area (Å²) < 4.78 is 6.40. The van der Waals surface area contributed by atoms with Crippen LogP contribution in [0.2, 0.25) is 0 Å². The Labute approximate surface area is 147 Å². The van der Waals surface area contributed by atoms with E-state index < -0.39 is 0 Å². The average Bonchev–Trinajstić information content (AvgIpc) is 2.56. The molecule has 1 amide bonds. The van der Waals surface area contributed by atoms with Crippen molar-refractivity contribution in [2.24, 2.45) is 5.92 Å². The predicted molar refractivity (Wildman–Crippen MR) is 96.9 cm³/mol. The molecule has 0 aromatic heterocycles. The van der Waals surface area contributed by atoms with Crippen LogP contribution in [0.3, 0.4) is 0 Å². The molecular weight excluding hydrogens is 300 g/mol. The summed E-state index contributed by atoms with van der Waals surface area (Å²) in [5, 5.41) is 0. The number of nitrogens with zero attached hydrogens (tertiary/aromatic N) is 2. The van der Waals surface area contributed by atoms with E-state index in [2.05, 4.69) is 18.4 Å². The average molecular weight is 335 g/mol. The molecule has 0 bridgehead atoms. The fourth-order valence-electron chi connectivity index (χ4n) is 4.78. The predicted octanol–water partition coefficient (Wildman–Crippen LogP) is 3.22. The van der Waals surface area contributed by atoms with Gasteiger partial charge in [-0.05, 0) is 70.9 Å². The fraction of sp³-hybridized carbons (Fsp3) is 0.850. The van der Waals surface area contributed by atoms with Gasteiger partial charge in [-0.25, -0.2) is 0 Å². The van der Waals surface area contributed by atoms with E-state index in [1.165, 1.54) is 44.3 Å². The lowest BCUT2D eigenvalue weighted by Crippen LogP contribution is -2.54. The molecule has 3 saturated heterocycles. The van der Waals surface area contributed by atoms with Crippen molar-refractivity contribution >= 4 is 5.91 Å². The van der Waals surface area contributed by atoms with Gasteiger partial charge in [0.05, 0.1) is 12.2 Å². The lowest BCUT2D eigenvalue weighted by Gasteiger charge is -2.48. The summed E-state index contributed by atoms with van der Waals surface area (Å²) in [5.41, 5.74) is 1.38. The first-order valence-electron chi connectivity index (χ1n) is 9.75. The standard InChI is InChI=1S/C20H34N2O2/c1-16(2)14-18-5-10-22(11-6-18)19-4-7-20(24-15-19)8-12-21(13-9-20)17(3)23/h18-19H,1,4-15H2,2-3H3. The first-order valence-corrected chi connectivity index (χ1v) is 9.75. The lowest BCUT2D eigenvalue weighted by atomic mass is 9.82. The van der Waals surface area contributed by atoms with Crippen molar-refractivity contribution in [3.8, 4) is 0 Å². The Morgan fingerprint density at radius 3 is 2.25 bits per heavy atom. The van der Waals surface area contributed by atoms with Crippen LogP contribution in [0.15, 0.2) is 12.2 Å². The van der Waals surface area contributed by atoms with Crippen LogP contribution >= 0.6 is 0 Å². The number of piperidine rings is 2. The van der Waals surface area contributed by atoms with Gasteiger partial charge in [0.2, 0.25) is 5.91 Å². The molecule has 3 fully saturated rings. The molecule has 0 radical (unpaired) electrons. The van der Waals surface area contributed by atoms with Crippen LogP contribution in [0.5, 0.6) is 0 Å². The highest BCUT2D eigenvalue weighted by Gasteiger charge is 2.41. The van der Waals surface area contributed by atoms with Gasteiger partial charge in [0, 0.05) is 26.1 Å². The van der Waals surface area contributed by atoms with Crippen molar-refractivity contribution in [1.29, 1.82) is 0 Å². The summed E-state index contributed by atoms with van der Waals surface area (Å²) in [6.07, 6.45) is 8.26. The monoisotopic (exact) mass is 334 g/mol. The van der Waals surface area contributed by atoms with Gasteiger partial charge in [0.1, 0.15) is 0 Å². The zero-order valence-corrected chi connectivity index (χ0v) is 15.6. The summed E-state index contributed by atoms with van der Waals surface area (Å²) >= 11 is 0. The lowest BCUT2D eigenvalue weighted by molar-refractivity contribution is -0.150. The SMILES string of the molecule is C=C(C)CC1CCN(C2CCC3(CCN(C(C)=O)CC3)OC2)CC1. The van der Waals surface area contributed by atoms with Crippen LogP contribution in [-0.4, -0.2) is 60.1 Å². The minimum atomic E-state index is 0.0563. The van der Waals surface area contributed by atoms with Gasteiger partial charge in [-0.1, -0.05) is 5.57 Å². The Kier molecular flexibility index (Phi) is 5.66. The normalized spacial score (nSPS) is 28.9. The third-order valence-electron chi connectivity index (χ3n) is 6.44. The van der Waals surface area contributed by atoms with Gasteiger partial charge in [0.15, 0.2) is 0 Å². The molecule has 0 saturated carbocycles.